The van der Waals surface area contributed by atoms with E-state index in [0.29, 0.717) is 0 Å². The van der Waals surface area contributed by atoms with Crippen LogP contribution in [0.5, 0.6) is 0 Å². The third-order valence-corrected chi connectivity index (χ3v) is 6.86. The van der Waals surface area contributed by atoms with Gasteiger partial charge >= 0.3 is 26.7 Å². The van der Waals surface area contributed by atoms with Crippen LogP contribution in [0.1, 0.15) is 16.7 Å². The highest BCUT2D eigenvalue weighted by atomic mass is 127. The molecular weight excluding hydrogens is 458 g/mol. The molecule has 0 radical (unpaired) electrons. The molecule has 0 unspecified atom stereocenters. The second-order valence-electron chi connectivity index (χ2n) is 4.87. The number of halogens is 4. The lowest BCUT2D eigenvalue weighted by molar-refractivity contribution is -0.598. The number of rotatable bonds is 2. The Morgan fingerprint density at radius 2 is 1.46 bits per heavy atom. The van der Waals surface area contributed by atoms with Crippen molar-refractivity contribution in [1.82, 2.24) is 4.98 Å². The number of hydrogen-bond acceptors (Lipinski definition) is 4. The van der Waals surface area contributed by atoms with E-state index < -0.39 is 15.6 Å². The van der Waals surface area contributed by atoms with E-state index in [-0.39, 0.29) is 21.2 Å². The topological polar surface area (TPSA) is 70.1 Å². The Labute approximate surface area is 149 Å². The van der Waals surface area contributed by atoms with Crippen LogP contribution in [0.2, 0.25) is 0 Å². The van der Waals surface area contributed by atoms with Crippen molar-refractivity contribution in [2.24, 2.45) is 0 Å². The van der Waals surface area contributed by atoms with Gasteiger partial charge in [-0.3, -0.25) is 4.98 Å². The highest BCUT2D eigenvalue weighted by Gasteiger charge is 2.36. The van der Waals surface area contributed by atoms with Crippen molar-refractivity contribution in [3.05, 3.63) is 60.5 Å². The summed E-state index contributed by atoms with van der Waals surface area (Å²) in [6.07, 6.45) is 3.77. The fourth-order valence-electron chi connectivity index (χ4n) is 1.82. The van der Waals surface area contributed by atoms with Gasteiger partial charge in [0.15, 0.2) is 17.3 Å². The number of nitrogens with zero attached hydrogens (tertiary/aromatic N) is 1. The van der Waals surface area contributed by atoms with E-state index in [1.807, 2.05) is 12.4 Å². The Kier molecular flexibility index (Phi) is 7.17. The number of benzene rings is 1. The minimum atomic E-state index is -6.09. The molecule has 0 aliphatic carbocycles. The molecule has 0 fully saturated rings. The van der Waals surface area contributed by atoms with Gasteiger partial charge in [-0.25, -0.2) is 8.42 Å². The number of pyridine rings is 1. The molecule has 0 amide bonds. The van der Waals surface area contributed by atoms with Gasteiger partial charge in [-0.1, -0.05) is 17.7 Å². The van der Waals surface area contributed by atoms with Crippen molar-refractivity contribution in [1.29, 1.82) is 0 Å². The van der Waals surface area contributed by atoms with E-state index in [9.17, 15) is 13.2 Å². The van der Waals surface area contributed by atoms with Gasteiger partial charge < -0.3 is 4.55 Å². The summed E-state index contributed by atoms with van der Waals surface area (Å²) in [5.41, 5.74) is -1.42. The van der Waals surface area contributed by atoms with Crippen molar-refractivity contribution >= 4 is 10.1 Å². The van der Waals surface area contributed by atoms with Gasteiger partial charge in [0.1, 0.15) is 0 Å². The van der Waals surface area contributed by atoms with Crippen LogP contribution in [-0.4, -0.2) is 23.5 Å². The normalized spacial score (nSPS) is 11.6. The van der Waals surface area contributed by atoms with E-state index in [1.165, 1.54) is 20.3 Å². The number of hydrogen-bond donors (Lipinski definition) is 0. The quantitative estimate of drug-likeness (QED) is 0.355. The zero-order valence-corrected chi connectivity index (χ0v) is 16.0. The molecule has 1 aromatic heterocycles. The van der Waals surface area contributed by atoms with Crippen LogP contribution in [0.25, 0.3) is 0 Å². The molecular formula is C15H15F3INO3S. The highest BCUT2D eigenvalue weighted by molar-refractivity contribution is 7.86. The zero-order chi connectivity index (χ0) is 18.5. The number of alkyl halides is 3. The summed E-state index contributed by atoms with van der Waals surface area (Å²) in [7, 11) is -6.09. The Hall–Kier alpha value is -1.20. The lowest BCUT2D eigenvalue weighted by Gasteiger charge is -2.08. The van der Waals surface area contributed by atoms with Crippen molar-refractivity contribution in [3.63, 3.8) is 0 Å². The first kappa shape index (κ1) is 20.8. The predicted molar refractivity (Wildman–Crippen MR) is 78.0 cm³/mol. The molecule has 0 aliphatic heterocycles. The Morgan fingerprint density at radius 1 is 1.04 bits per heavy atom. The molecule has 9 heteroatoms. The van der Waals surface area contributed by atoms with Crippen molar-refractivity contribution in [3.8, 4) is 0 Å². The van der Waals surface area contributed by atoms with Gasteiger partial charge in [0.05, 0.1) is 0 Å². The fourth-order valence-corrected chi connectivity index (χ4v) is 4.28. The van der Waals surface area contributed by atoms with Gasteiger partial charge in [-0.05, 0) is 20.8 Å². The Balaban J connectivity index is 0.000000307. The molecule has 0 aliphatic rings. The third kappa shape index (κ3) is 6.36. The van der Waals surface area contributed by atoms with E-state index in [0.717, 1.165) is 0 Å². The first-order chi connectivity index (χ1) is 10.9. The van der Waals surface area contributed by atoms with Crippen LogP contribution in [0.3, 0.4) is 0 Å². The predicted octanol–water partition coefficient (Wildman–Crippen LogP) is 0.187. The summed E-state index contributed by atoms with van der Waals surface area (Å²) in [4.78, 5) is 4.06. The van der Waals surface area contributed by atoms with Crippen LogP contribution in [-0.2, 0) is 10.1 Å². The van der Waals surface area contributed by atoms with Crippen molar-refractivity contribution in [2.45, 2.75) is 26.3 Å². The standard InChI is InChI=1S/C14H15IN.CHF3O3S/c1-10-8-11(2)14(12(3)9-10)15-13-4-6-16-7-5-13;2-1(3,4)8(5,6)7/h4-9H,1-3H3;(H,5,6,7)/q+1;/p-1. The summed E-state index contributed by atoms with van der Waals surface area (Å²) in [5.74, 6) is 0. The maximum atomic E-state index is 10.7. The van der Waals surface area contributed by atoms with Crippen LogP contribution >= 0.6 is 0 Å². The molecule has 24 heavy (non-hydrogen) atoms. The van der Waals surface area contributed by atoms with Crippen LogP contribution in [0.4, 0.5) is 13.2 Å². The Morgan fingerprint density at radius 3 is 1.83 bits per heavy atom. The molecule has 0 saturated heterocycles. The summed E-state index contributed by atoms with van der Waals surface area (Å²) < 4.78 is 61.9. The highest BCUT2D eigenvalue weighted by Crippen LogP contribution is 2.20. The summed E-state index contributed by atoms with van der Waals surface area (Å²) in [5, 5.41) is 0. The summed E-state index contributed by atoms with van der Waals surface area (Å²) >= 11 is -0.0675. The fraction of sp³-hybridized carbons (Fsp3) is 0.267. The van der Waals surface area contributed by atoms with Gasteiger partial charge in [-0.15, -0.1) is 0 Å². The van der Waals surface area contributed by atoms with Gasteiger partial charge in [-0.2, -0.15) is 13.2 Å². The lowest BCUT2D eigenvalue weighted by Crippen LogP contribution is -3.62. The maximum absolute atomic E-state index is 10.7. The molecule has 1 aromatic carbocycles. The molecule has 1 heterocycles. The molecule has 0 N–H and O–H groups in total. The van der Waals surface area contributed by atoms with Crippen molar-refractivity contribution in [2.75, 3.05) is 0 Å². The lowest BCUT2D eigenvalue weighted by atomic mass is 10.1. The Bertz CT molecular complexity index is 770. The number of aryl methyl sites for hydroxylation is 3. The first-order valence-corrected chi connectivity index (χ1v) is 10.1. The molecule has 2 rings (SSSR count). The number of aromatic nitrogens is 1. The molecule has 132 valence electrons. The average Bonchev–Trinajstić information content (AvgIpc) is 2.42. The summed E-state index contributed by atoms with van der Waals surface area (Å²) in [6.45, 7) is 6.60. The third-order valence-electron chi connectivity index (χ3n) is 2.71. The SMILES string of the molecule is Cc1cc(C)c([I+]c2ccncc2)c(C)c1.O=S(=O)([O-])C(F)(F)F. The van der Waals surface area contributed by atoms with Gasteiger partial charge in [0.25, 0.3) is 0 Å². The molecule has 2 aromatic rings. The smallest absolute Gasteiger partial charge is 0.485 e. The molecule has 0 saturated carbocycles. The second-order valence-corrected chi connectivity index (χ2v) is 9.11. The average molecular weight is 473 g/mol. The monoisotopic (exact) mass is 473 g/mol. The maximum Gasteiger partial charge on any atom is 0.485 e. The van der Waals surface area contributed by atoms with Gasteiger partial charge in [0.2, 0.25) is 0 Å². The second kappa shape index (κ2) is 8.26. The minimum Gasteiger partial charge on any atom is -0.741 e. The van der Waals surface area contributed by atoms with Crippen LogP contribution in [0.15, 0.2) is 36.7 Å². The van der Waals surface area contributed by atoms with E-state index in [4.69, 9.17) is 13.0 Å². The molecule has 0 atom stereocenters. The molecule has 4 nitrogen and oxygen atoms in total. The van der Waals surface area contributed by atoms with E-state index in [2.05, 4.69) is 50.0 Å². The first-order valence-electron chi connectivity index (χ1n) is 6.56. The van der Waals surface area contributed by atoms with Crippen LogP contribution in [0, 0.1) is 27.9 Å². The van der Waals surface area contributed by atoms with Gasteiger partial charge in [0, 0.05) is 35.7 Å². The summed E-state index contributed by atoms with van der Waals surface area (Å²) in [6, 6.07) is 8.82. The van der Waals surface area contributed by atoms with E-state index in [1.54, 1.807) is 3.57 Å². The molecule has 0 bridgehead atoms. The zero-order valence-electron chi connectivity index (χ0n) is 13.1. The van der Waals surface area contributed by atoms with Crippen LogP contribution < -0.4 is 21.2 Å². The molecule has 0 spiro atoms. The van der Waals surface area contributed by atoms with Crippen molar-refractivity contribution < 1.29 is 47.3 Å². The van der Waals surface area contributed by atoms with E-state index >= 15 is 0 Å². The minimum absolute atomic E-state index is 0.0675. The largest absolute Gasteiger partial charge is 0.741 e.